The van der Waals surface area contributed by atoms with Crippen LogP contribution in [0.15, 0.2) is 0 Å². The molecule has 2 saturated heterocycles. The van der Waals surface area contributed by atoms with Crippen molar-refractivity contribution in [3.8, 4) is 23.7 Å². The molecule has 0 aromatic carbocycles. The van der Waals surface area contributed by atoms with Gasteiger partial charge in [0.05, 0.1) is 0 Å². The van der Waals surface area contributed by atoms with Crippen LogP contribution in [0, 0.1) is 47.4 Å². The standard InChI is InChI=1S/C30H50O3/c1-25(2)17-11-7-5-9-13-19-27-21-15-23-31-29(27)33-30-28(22-16-24-32-30)20-14-10-6-8-12-18-26(3)4/h25-30H,5-8,11-12,15-24H2,1-4H3. The summed E-state index contributed by atoms with van der Waals surface area (Å²) >= 11 is 0. The maximum atomic E-state index is 6.42. The van der Waals surface area contributed by atoms with Crippen molar-refractivity contribution in [2.24, 2.45) is 23.7 Å². The fraction of sp³-hybridized carbons (Fsp3) is 0.867. The van der Waals surface area contributed by atoms with Crippen molar-refractivity contribution in [2.45, 2.75) is 130 Å². The highest BCUT2D eigenvalue weighted by atomic mass is 16.8. The Kier molecular flexibility index (Phi) is 14.9. The highest BCUT2D eigenvalue weighted by Crippen LogP contribution is 2.31. The van der Waals surface area contributed by atoms with Crippen LogP contribution in [0.1, 0.15) is 118 Å². The molecule has 188 valence electrons. The van der Waals surface area contributed by atoms with E-state index in [0.717, 1.165) is 76.4 Å². The first kappa shape index (κ1) is 28.2. The van der Waals surface area contributed by atoms with Gasteiger partial charge in [-0.25, -0.2) is 0 Å². The highest BCUT2D eigenvalue weighted by molar-refractivity contribution is 5.02. The molecule has 0 aromatic heterocycles. The topological polar surface area (TPSA) is 27.7 Å². The predicted molar refractivity (Wildman–Crippen MR) is 137 cm³/mol. The van der Waals surface area contributed by atoms with Crippen LogP contribution in [-0.2, 0) is 14.2 Å². The zero-order valence-electron chi connectivity index (χ0n) is 22.0. The van der Waals surface area contributed by atoms with Crippen LogP contribution in [0.5, 0.6) is 0 Å². The zero-order valence-corrected chi connectivity index (χ0v) is 22.0. The van der Waals surface area contributed by atoms with Gasteiger partial charge in [-0.1, -0.05) is 53.4 Å². The summed E-state index contributed by atoms with van der Waals surface area (Å²) in [6.07, 6.45) is 15.4. The van der Waals surface area contributed by atoms with Crippen LogP contribution in [0.2, 0.25) is 0 Å². The number of unbranched alkanes of at least 4 members (excludes halogenated alkanes) is 4. The SMILES string of the molecule is CC(C)CCCCC#CCC1CCCOC1OC1OCCCC1CC#CCCCCC(C)C. The fourth-order valence-electron chi connectivity index (χ4n) is 4.58. The molecule has 0 radical (unpaired) electrons. The van der Waals surface area contributed by atoms with E-state index in [2.05, 4.69) is 51.4 Å². The van der Waals surface area contributed by atoms with Crippen molar-refractivity contribution >= 4 is 0 Å². The Morgan fingerprint density at radius 2 is 1.12 bits per heavy atom. The number of ether oxygens (including phenoxy) is 3. The average Bonchev–Trinajstić information content (AvgIpc) is 2.79. The highest BCUT2D eigenvalue weighted by Gasteiger charge is 2.33. The molecule has 0 amide bonds. The summed E-state index contributed by atoms with van der Waals surface area (Å²) in [6.45, 7) is 10.7. The van der Waals surface area contributed by atoms with Crippen molar-refractivity contribution in [3.05, 3.63) is 0 Å². The Morgan fingerprint density at radius 3 is 1.55 bits per heavy atom. The molecule has 0 N–H and O–H groups in total. The van der Waals surface area contributed by atoms with E-state index in [0.29, 0.717) is 11.8 Å². The lowest BCUT2D eigenvalue weighted by atomic mass is 9.95. The summed E-state index contributed by atoms with van der Waals surface area (Å²) in [6, 6.07) is 0. The summed E-state index contributed by atoms with van der Waals surface area (Å²) in [5.74, 6) is 15.9. The molecular formula is C30H50O3. The summed E-state index contributed by atoms with van der Waals surface area (Å²) in [5.41, 5.74) is 0. The summed E-state index contributed by atoms with van der Waals surface area (Å²) in [5, 5.41) is 0. The van der Waals surface area contributed by atoms with Crippen LogP contribution in [0.3, 0.4) is 0 Å². The second-order valence-electron chi connectivity index (χ2n) is 10.8. The lowest BCUT2D eigenvalue weighted by Crippen LogP contribution is -2.40. The molecular weight excluding hydrogens is 408 g/mol. The van der Waals surface area contributed by atoms with Crippen LogP contribution >= 0.6 is 0 Å². The van der Waals surface area contributed by atoms with E-state index in [-0.39, 0.29) is 12.6 Å². The molecule has 0 bridgehead atoms. The van der Waals surface area contributed by atoms with Crippen molar-refractivity contribution < 1.29 is 14.2 Å². The fourth-order valence-corrected chi connectivity index (χ4v) is 4.58. The molecule has 0 aliphatic carbocycles. The van der Waals surface area contributed by atoms with E-state index in [9.17, 15) is 0 Å². The van der Waals surface area contributed by atoms with Crippen LogP contribution in [0.4, 0.5) is 0 Å². The van der Waals surface area contributed by atoms with Gasteiger partial charge in [0.2, 0.25) is 0 Å². The van der Waals surface area contributed by atoms with Gasteiger partial charge < -0.3 is 14.2 Å². The molecule has 0 aromatic rings. The lowest BCUT2D eigenvalue weighted by molar-refractivity contribution is -0.295. The predicted octanol–water partition coefficient (Wildman–Crippen LogP) is 7.73. The average molecular weight is 459 g/mol. The molecule has 4 unspecified atom stereocenters. The van der Waals surface area contributed by atoms with Crippen molar-refractivity contribution in [2.75, 3.05) is 13.2 Å². The molecule has 3 heteroatoms. The number of rotatable bonds is 12. The third kappa shape index (κ3) is 12.9. The molecule has 2 heterocycles. The third-order valence-corrected chi connectivity index (χ3v) is 6.69. The Bertz CT molecular complexity index is 564. The van der Waals surface area contributed by atoms with Crippen molar-refractivity contribution in [3.63, 3.8) is 0 Å². The molecule has 2 fully saturated rings. The maximum Gasteiger partial charge on any atom is 0.164 e. The minimum Gasteiger partial charge on any atom is -0.352 e. The van der Waals surface area contributed by atoms with Gasteiger partial charge in [-0.2, -0.15) is 0 Å². The van der Waals surface area contributed by atoms with Crippen LogP contribution < -0.4 is 0 Å². The number of hydrogen-bond acceptors (Lipinski definition) is 3. The Morgan fingerprint density at radius 1 is 0.667 bits per heavy atom. The first-order chi connectivity index (χ1) is 16.1. The quantitative estimate of drug-likeness (QED) is 0.221. The summed E-state index contributed by atoms with van der Waals surface area (Å²) < 4.78 is 18.5. The molecule has 2 rings (SSSR count). The normalized spacial score (nSPS) is 25.4. The molecule has 33 heavy (non-hydrogen) atoms. The van der Waals surface area contributed by atoms with E-state index < -0.39 is 0 Å². The lowest BCUT2D eigenvalue weighted by Gasteiger charge is -2.37. The monoisotopic (exact) mass is 458 g/mol. The van der Waals surface area contributed by atoms with Crippen molar-refractivity contribution in [1.82, 2.24) is 0 Å². The Balaban J connectivity index is 1.75. The van der Waals surface area contributed by atoms with E-state index in [4.69, 9.17) is 14.2 Å². The Hall–Kier alpha value is -1.00. The number of hydrogen-bond donors (Lipinski definition) is 0. The van der Waals surface area contributed by atoms with Crippen LogP contribution in [0.25, 0.3) is 0 Å². The smallest absolute Gasteiger partial charge is 0.164 e. The van der Waals surface area contributed by atoms with E-state index in [1.54, 1.807) is 0 Å². The molecule has 4 atom stereocenters. The first-order valence-corrected chi connectivity index (χ1v) is 13.9. The second-order valence-corrected chi connectivity index (χ2v) is 10.8. The van der Waals surface area contributed by atoms with Gasteiger partial charge in [0.1, 0.15) is 0 Å². The molecule has 0 spiro atoms. The minimum absolute atomic E-state index is 0.191. The molecule has 2 aliphatic rings. The van der Waals surface area contributed by atoms with Gasteiger partial charge in [0, 0.05) is 50.7 Å². The van der Waals surface area contributed by atoms with Gasteiger partial charge in [-0.15, -0.1) is 23.7 Å². The van der Waals surface area contributed by atoms with Gasteiger partial charge in [0.25, 0.3) is 0 Å². The third-order valence-electron chi connectivity index (χ3n) is 6.69. The van der Waals surface area contributed by atoms with Gasteiger partial charge in [0.15, 0.2) is 12.6 Å². The minimum atomic E-state index is -0.191. The molecule has 0 saturated carbocycles. The van der Waals surface area contributed by atoms with E-state index in [1.807, 2.05) is 0 Å². The van der Waals surface area contributed by atoms with Gasteiger partial charge in [-0.05, 0) is 50.4 Å². The van der Waals surface area contributed by atoms with Crippen LogP contribution in [-0.4, -0.2) is 25.8 Å². The van der Waals surface area contributed by atoms with Gasteiger partial charge in [-0.3, -0.25) is 0 Å². The van der Waals surface area contributed by atoms with Crippen molar-refractivity contribution in [1.29, 1.82) is 0 Å². The Labute approximate surface area is 205 Å². The first-order valence-electron chi connectivity index (χ1n) is 13.9. The maximum absolute atomic E-state index is 6.42. The molecule has 3 nitrogen and oxygen atoms in total. The van der Waals surface area contributed by atoms with E-state index in [1.165, 1.54) is 38.5 Å². The molecule has 2 aliphatic heterocycles. The van der Waals surface area contributed by atoms with Gasteiger partial charge >= 0.3 is 0 Å². The zero-order chi connectivity index (χ0) is 23.7. The second kappa shape index (κ2) is 17.4. The summed E-state index contributed by atoms with van der Waals surface area (Å²) in [4.78, 5) is 0. The largest absolute Gasteiger partial charge is 0.352 e. The van der Waals surface area contributed by atoms with E-state index >= 15 is 0 Å². The summed E-state index contributed by atoms with van der Waals surface area (Å²) in [7, 11) is 0.